The highest BCUT2D eigenvalue weighted by atomic mass is 16.5. The minimum atomic E-state index is -0.591. The van der Waals surface area contributed by atoms with E-state index in [0.29, 0.717) is 24.8 Å². The van der Waals surface area contributed by atoms with Gasteiger partial charge in [0.25, 0.3) is 5.91 Å². The molecule has 3 heterocycles. The van der Waals surface area contributed by atoms with Crippen molar-refractivity contribution in [3.05, 3.63) is 11.7 Å². The standard InChI is InChI=1S/C17H23N5O3/c23-15-17(6-2-7-17)19-16(24)22(15)12-3-1-8-21(9-12)10-13-18-14(25-20-13)11-4-5-11/h11-12H,1-10H2,(H,19,24). The van der Waals surface area contributed by atoms with Gasteiger partial charge in [-0.05, 0) is 51.5 Å². The van der Waals surface area contributed by atoms with Gasteiger partial charge in [0, 0.05) is 12.5 Å². The summed E-state index contributed by atoms with van der Waals surface area (Å²) in [5, 5.41) is 7.01. The number of carbonyl (C=O) groups excluding carboxylic acids is 2. The number of hydrogen-bond acceptors (Lipinski definition) is 6. The Kier molecular flexibility index (Phi) is 3.38. The molecule has 1 aromatic rings. The summed E-state index contributed by atoms with van der Waals surface area (Å²) in [6.07, 6.45) is 6.67. The van der Waals surface area contributed by atoms with Crippen LogP contribution in [0.2, 0.25) is 0 Å². The second kappa shape index (κ2) is 5.52. The van der Waals surface area contributed by atoms with Crippen molar-refractivity contribution < 1.29 is 14.1 Å². The molecular weight excluding hydrogens is 322 g/mol. The number of nitrogens with zero attached hydrogens (tertiary/aromatic N) is 4. The Balaban J connectivity index is 1.26. The molecule has 1 unspecified atom stereocenters. The van der Waals surface area contributed by atoms with Crippen LogP contribution in [-0.4, -0.2) is 56.5 Å². The molecule has 1 N–H and O–H groups in total. The van der Waals surface area contributed by atoms with Crippen LogP contribution in [0.4, 0.5) is 4.79 Å². The number of aromatic nitrogens is 2. The van der Waals surface area contributed by atoms with Gasteiger partial charge in [0.1, 0.15) is 5.54 Å². The topological polar surface area (TPSA) is 91.6 Å². The van der Waals surface area contributed by atoms with Gasteiger partial charge in [-0.3, -0.25) is 14.6 Å². The molecule has 1 atom stereocenters. The molecule has 1 spiro atoms. The Morgan fingerprint density at radius 3 is 2.72 bits per heavy atom. The van der Waals surface area contributed by atoms with Crippen molar-refractivity contribution in [2.24, 2.45) is 0 Å². The van der Waals surface area contributed by atoms with Crippen LogP contribution in [0.5, 0.6) is 0 Å². The number of amides is 3. The van der Waals surface area contributed by atoms with E-state index in [1.54, 1.807) is 0 Å². The molecule has 8 heteroatoms. The van der Waals surface area contributed by atoms with Crippen molar-refractivity contribution >= 4 is 11.9 Å². The first-order valence-electron chi connectivity index (χ1n) is 9.35. The Morgan fingerprint density at radius 2 is 2.04 bits per heavy atom. The average molecular weight is 345 g/mol. The summed E-state index contributed by atoms with van der Waals surface area (Å²) in [5.41, 5.74) is -0.591. The molecule has 2 aliphatic heterocycles. The van der Waals surface area contributed by atoms with Crippen LogP contribution in [0, 0.1) is 0 Å². The van der Waals surface area contributed by atoms with E-state index in [0.717, 1.165) is 57.4 Å². The van der Waals surface area contributed by atoms with Crippen LogP contribution in [-0.2, 0) is 11.3 Å². The smallest absolute Gasteiger partial charge is 0.325 e. The van der Waals surface area contributed by atoms with Gasteiger partial charge in [-0.25, -0.2) is 4.79 Å². The lowest BCUT2D eigenvalue weighted by Gasteiger charge is -2.38. The zero-order chi connectivity index (χ0) is 17.0. The van der Waals surface area contributed by atoms with Crippen LogP contribution < -0.4 is 5.32 Å². The predicted molar refractivity (Wildman–Crippen MR) is 86.5 cm³/mol. The number of nitrogens with one attached hydrogen (secondary N) is 1. The van der Waals surface area contributed by atoms with E-state index in [4.69, 9.17) is 4.52 Å². The van der Waals surface area contributed by atoms with Gasteiger partial charge in [0.15, 0.2) is 5.82 Å². The molecule has 2 aliphatic carbocycles. The number of piperidine rings is 1. The third-order valence-corrected chi connectivity index (χ3v) is 6.02. The number of carbonyl (C=O) groups is 2. The lowest BCUT2D eigenvalue weighted by atomic mass is 9.76. The van der Waals surface area contributed by atoms with Crippen LogP contribution in [0.25, 0.3) is 0 Å². The summed E-state index contributed by atoms with van der Waals surface area (Å²) in [6, 6.07) is -0.275. The zero-order valence-electron chi connectivity index (χ0n) is 14.2. The van der Waals surface area contributed by atoms with E-state index in [-0.39, 0.29) is 18.0 Å². The Bertz CT molecular complexity index is 709. The predicted octanol–water partition coefficient (Wildman–Crippen LogP) is 1.39. The number of likely N-dealkylation sites (tertiary alicyclic amines) is 1. The molecule has 2 saturated heterocycles. The molecule has 0 radical (unpaired) electrons. The fourth-order valence-corrected chi connectivity index (χ4v) is 4.26. The van der Waals surface area contributed by atoms with Gasteiger partial charge < -0.3 is 9.84 Å². The van der Waals surface area contributed by atoms with E-state index in [2.05, 4.69) is 20.4 Å². The number of imide groups is 1. The first-order chi connectivity index (χ1) is 12.1. The van der Waals surface area contributed by atoms with E-state index < -0.39 is 5.54 Å². The number of urea groups is 1. The van der Waals surface area contributed by atoms with Crippen LogP contribution in [0.3, 0.4) is 0 Å². The molecule has 3 amide bonds. The van der Waals surface area contributed by atoms with Crippen molar-refractivity contribution in [1.29, 1.82) is 0 Å². The summed E-state index contributed by atoms with van der Waals surface area (Å²) < 4.78 is 5.32. The van der Waals surface area contributed by atoms with Gasteiger partial charge in [0.2, 0.25) is 5.89 Å². The van der Waals surface area contributed by atoms with E-state index in [1.807, 2.05) is 0 Å². The molecule has 0 aromatic carbocycles. The van der Waals surface area contributed by atoms with Crippen molar-refractivity contribution in [3.8, 4) is 0 Å². The van der Waals surface area contributed by atoms with Gasteiger partial charge in [0.05, 0.1) is 12.6 Å². The maximum atomic E-state index is 12.8. The first-order valence-corrected chi connectivity index (χ1v) is 9.35. The Morgan fingerprint density at radius 1 is 1.20 bits per heavy atom. The Hall–Kier alpha value is -1.96. The van der Waals surface area contributed by atoms with Crippen LogP contribution in [0.1, 0.15) is 62.6 Å². The molecular formula is C17H23N5O3. The fraction of sp³-hybridized carbons (Fsp3) is 0.765. The van der Waals surface area contributed by atoms with Crippen LogP contribution >= 0.6 is 0 Å². The van der Waals surface area contributed by atoms with Crippen molar-refractivity contribution in [2.45, 2.75) is 69.0 Å². The van der Waals surface area contributed by atoms with Crippen LogP contribution in [0.15, 0.2) is 4.52 Å². The normalized spacial score (nSPS) is 29.1. The summed E-state index contributed by atoms with van der Waals surface area (Å²) in [4.78, 5) is 33.3. The highest BCUT2D eigenvalue weighted by molar-refractivity contribution is 6.07. The molecule has 5 rings (SSSR count). The van der Waals surface area contributed by atoms with Gasteiger partial charge in [-0.15, -0.1) is 0 Å². The third-order valence-electron chi connectivity index (χ3n) is 6.02. The number of rotatable bonds is 4. The van der Waals surface area contributed by atoms with Gasteiger partial charge in [-0.1, -0.05) is 5.16 Å². The van der Waals surface area contributed by atoms with E-state index in [9.17, 15) is 9.59 Å². The second-order valence-corrected chi connectivity index (χ2v) is 7.90. The molecule has 8 nitrogen and oxygen atoms in total. The lowest BCUT2D eigenvalue weighted by Crippen LogP contribution is -2.54. The molecule has 4 aliphatic rings. The lowest BCUT2D eigenvalue weighted by molar-refractivity contribution is -0.136. The summed E-state index contributed by atoms with van der Waals surface area (Å²) in [6.45, 7) is 2.22. The summed E-state index contributed by atoms with van der Waals surface area (Å²) in [7, 11) is 0. The molecule has 2 saturated carbocycles. The van der Waals surface area contributed by atoms with Crippen molar-refractivity contribution in [1.82, 2.24) is 25.3 Å². The quantitative estimate of drug-likeness (QED) is 0.829. The van der Waals surface area contributed by atoms with Crippen molar-refractivity contribution in [3.63, 3.8) is 0 Å². The maximum Gasteiger partial charge on any atom is 0.325 e. The van der Waals surface area contributed by atoms with Gasteiger partial charge >= 0.3 is 6.03 Å². The third kappa shape index (κ3) is 2.54. The summed E-state index contributed by atoms with van der Waals surface area (Å²) >= 11 is 0. The highest BCUT2D eigenvalue weighted by Gasteiger charge is 2.56. The fourth-order valence-electron chi connectivity index (χ4n) is 4.26. The van der Waals surface area contributed by atoms with Crippen molar-refractivity contribution in [2.75, 3.05) is 13.1 Å². The largest absolute Gasteiger partial charge is 0.339 e. The highest BCUT2D eigenvalue weighted by Crippen LogP contribution is 2.39. The first kappa shape index (κ1) is 15.3. The minimum Gasteiger partial charge on any atom is -0.339 e. The van der Waals surface area contributed by atoms with Gasteiger partial charge in [-0.2, -0.15) is 4.98 Å². The molecule has 4 fully saturated rings. The van der Waals surface area contributed by atoms with E-state index >= 15 is 0 Å². The monoisotopic (exact) mass is 345 g/mol. The molecule has 0 bridgehead atoms. The minimum absolute atomic E-state index is 0.0221. The maximum absolute atomic E-state index is 12.8. The Labute approximate surface area is 145 Å². The average Bonchev–Trinajstić information content (AvgIpc) is 3.24. The zero-order valence-corrected chi connectivity index (χ0v) is 14.2. The molecule has 1 aromatic heterocycles. The SMILES string of the molecule is O=C1NC2(CCC2)C(=O)N1C1CCCN(Cc2noc(C3CC3)n2)C1. The second-order valence-electron chi connectivity index (χ2n) is 7.90. The summed E-state index contributed by atoms with van der Waals surface area (Å²) in [5.74, 6) is 1.89. The molecule has 134 valence electrons. The van der Waals surface area contributed by atoms with E-state index in [1.165, 1.54) is 4.90 Å². The molecule has 25 heavy (non-hydrogen) atoms. The number of hydrogen-bond donors (Lipinski definition) is 1.